The first-order valence-electron chi connectivity index (χ1n) is 7.64. The normalized spacial score (nSPS) is 13.1. The minimum absolute atomic E-state index is 0.0586. The Labute approximate surface area is 139 Å². The van der Waals surface area contributed by atoms with Gasteiger partial charge in [0.05, 0.1) is 0 Å². The van der Waals surface area contributed by atoms with Crippen molar-refractivity contribution in [2.75, 3.05) is 6.54 Å². The average Bonchev–Trinajstić information content (AvgIpc) is 2.58. The van der Waals surface area contributed by atoms with Crippen LogP contribution < -0.4 is 10.9 Å². The van der Waals surface area contributed by atoms with E-state index in [-0.39, 0.29) is 17.7 Å². The summed E-state index contributed by atoms with van der Waals surface area (Å²) in [4.78, 5) is 35.8. The van der Waals surface area contributed by atoms with Crippen LogP contribution in [-0.2, 0) is 17.3 Å². The summed E-state index contributed by atoms with van der Waals surface area (Å²) in [6, 6.07) is 11.6. The smallest absolute Gasteiger partial charge is 0.315 e. The highest BCUT2D eigenvalue weighted by atomic mass is 16.4. The summed E-state index contributed by atoms with van der Waals surface area (Å²) < 4.78 is 1.36. The van der Waals surface area contributed by atoms with Crippen LogP contribution in [0.2, 0.25) is 0 Å². The van der Waals surface area contributed by atoms with Gasteiger partial charge in [0.2, 0.25) is 0 Å². The van der Waals surface area contributed by atoms with Crippen molar-refractivity contribution in [2.24, 2.45) is 7.05 Å². The lowest BCUT2D eigenvalue weighted by Gasteiger charge is -2.29. The molecule has 6 nitrogen and oxygen atoms in total. The van der Waals surface area contributed by atoms with Gasteiger partial charge in [0, 0.05) is 31.4 Å². The third-order valence-electron chi connectivity index (χ3n) is 4.26. The summed E-state index contributed by atoms with van der Waals surface area (Å²) in [5.41, 5.74) is -0.673. The number of carbonyl (C=O) groups is 2. The second kappa shape index (κ2) is 7.12. The molecular weight excluding hydrogens is 308 g/mol. The van der Waals surface area contributed by atoms with E-state index in [1.54, 1.807) is 38.2 Å². The van der Waals surface area contributed by atoms with Gasteiger partial charge in [-0.1, -0.05) is 37.3 Å². The van der Waals surface area contributed by atoms with E-state index in [2.05, 4.69) is 5.32 Å². The Morgan fingerprint density at radius 2 is 1.88 bits per heavy atom. The Hall–Kier alpha value is -2.89. The molecule has 0 aliphatic heterocycles. The van der Waals surface area contributed by atoms with Gasteiger partial charge < -0.3 is 15.0 Å². The highest BCUT2D eigenvalue weighted by Crippen LogP contribution is 2.27. The number of amides is 1. The van der Waals surface area contributed by atoms with E-state index in [1.165, 1.54) is 22.9 Å². The van der Waals surface area contributed by atoms with Gasteiger partial charge in [-0.2, -0.15) is 0 Å². The molecule has 126 valence electrons. The number of carboxylic acid groups (broad SMARTS) is 1. The Morgan fingerprint density at radius 1 is 1.21 bits per heavy atom. The van der Waals surface area contributed by atoms with Gasteiger partial charge in [0.1, 0.15) is 5.41 Å². The minimum Gasteiger partial charge on any atom is -0.481 e. The summed E-state index contributed by atoms with van der Waals surface area (Å²) in [5.74, 6) is -1.47. The molecule has 0 bridgehead atoms. The van der Waals surface area contributed by atoms with Gasteiger partial charge in [0.15, 0.2) is 0 Å². The van der Waals surface area contributed by atoms with Gasteiger partial charge >= 0.3 is 5.97 Å². The second-order valence-corrected chi connectivity index (χ2v) is 5.65. The molecule has 0 aliphatic carbocycles. The van der Waals surface area contributed by atoms with E-state index < -0.39 is 17.3 Å². The molecule has 0 saturated carbocycles. The van der Waals surface area contributed by atoms with Crippen molar-refractivity contribution in [3.8, 4) is 0 Å². The van der Waals surface area contributed by atoms with Crippen molar-refractivity contribution < 1.29 is 14.7 Å². The maximum Gasteiger partial charge on any atom is 0.315 e. The second-order valence-electron chi connectivity index (χ2n) is 5.65. The summed E-state index contributed by atoms with van der Waals surface area (Å²) in [5, 5.41) is 12.4. The van der Waals surface area contributed by atoms with Crippen molar-refractivity contribution in [3.63, 3.8) is 0 Å². The van der Waals surface area contributed by atoms with Crippen LogP contribution in [0.1, 0.15) is 29.3 Å². The van der Waals surface area contributed by atoms with E-state index >= 15 is 0 Å². The van der Waals surface area contributed by atoms with Crippen molar-refractivity contribution in [3.05, 3.63) is 70.1 Å². The zero-order valence-corrected chi connectivity index (χ0v) is 13.7. The van der Waals surface area contributed by atoms with Crippen LogP contribution in [0.25, 0.3) is 0 Å². The number of pyridine rings is 1. The molecule has 2 rings (SSSR count). The fourth-order valence-corrected chi connectivity index (χ4v) is 2.56. The molecule has 1 atom stereocenters. The summed E-state index contributed by atoms with van der Waals surface area (Å²) in [6.07, 6.45) is 1.82. The highest BCUT2D eigenvalue weighted by Gasteiger charge is 2.39. The first-order valence-corrected chi connectivity index (χ1v) is 7.64. The third kappa shape index (κ3) is 3.37. The molecule has 0 aliphatic rings. The summed E-state index contributed by atoms with van der Waals surface area (Å²) >= 11 is 0. The Morgan fingerprint density at radius 3 is 2.42 bits per heavy atom. The molecule has 0 radical (unpaired) electrons. The van der Waals surface area contributed by atoms with E-state index in [0.29, 0.717) is 12.0 Å². The molecule has 1 aromatic carbocycles. The standard InChI is InChI=1S/C18H20N2O4/c1-3-18(17(23)24,14-7-5-4-6-8-14)12-19-16(22)13-9-10-20(2)15(21)11-13/h4-11H,3,12H2,1-2H3,(H,19,22)(H,23,24). The number of carboxylic acids is 1. The zero-order chi connectivity index (χ0) is 17.7. The number of hydrogen-bond acceptors (Lipinski definition) is 3. The molecule has 0 spiro atoms. The lowest BCUT2D eigenvalue weighted by atomic mass is 9.78. The molecule has 2 N–H and O–H groups in total. The number of rotatable bonds is 6. The highest BCUT2D eigenvalue weighted by molar-refractivity contribution is 5.94. The quantitative estimate of drug-likeness (QED) is 0.842. The predicted octanol–water partition coefficient (Wildman–Crippen LogP) is 1.55. The van der Waals surface area contributed by atoms with Gasteiger partial charge in [-0.3, -0.25) is 14.4 Å². The third-order valence-corrected chi connectivity index (χ3v) is 4.26. The summed E-state index contributed by atoms with van der Waals surface area (Å²) in [7, 11) is 1.59. The van der Waals surface area contributed by atoms with Crippen LogP contribution in [0, 0.1) is 0 Å². The molecule has 0 saturated heterocycles. The molecule has 2 aromatic rings. The Balaban J connectivity index is 2.25. The number of nitrogens with zero attached hydrogens (tertiary/aromatic N) is 1. The van der Waals surface area contributed by atoms with Crippen LogP contribution in [0.4, 0.5) is 0 Å². The fraction of sp³-hybridized carbons (Fsp3) is 0.278. The molecular formula is C18H20N2O4. The van der Waals surface area contributed by atoms with Crippen LogP contribution in [0.3, 0.4) is 0 Å². The van der Waals surface area contributed by atoms with Crippen LogP contribution in [-0.4, -0.2) is 28.1 Å². The molecule has 1 aromatic heterocycles. The van der Waals surface area contributed by atoms with Crippen molar-refractivity contribution in [1.82, 2.24) is 9.88 Å². The number of hydrogen-bond donors (Lipinski definition) is 2. The first kappa shape index (κ1) is 17.5. The first-order chi connectivity index (χ1) is 11.4. The number of aromatic nitrogens is 1. The van der Waals surface area contributed by atoms with Crippen LogP contribution in [0.15, 0.2) is 53.5 Å². The lowest BCUT2D eigenvalue weighted by Crippen LogP contribution is -2.46. The molecule has 6 heteroatoms. The molecule has 1 amide bonds. The average molecular weight is 328 g/mol. The topological polar surface area (TPSA) is 88.4 Å². The molecule has 0 fully saturated rings. The number of nitrogens with one attached hydrogen (secondary N) is 1. The molecule has 1 heterocycles. The maximum atomic E-state index is 12.3. The lowest BCUT2D eigenvalue weighted by molar-refractivity contribution is -0.143. The van der Waals surface area contributed by atoms with Gasteiger partial charge in [-0.25, -0.2) is 0 Å². The minimum atomic E-state index is -1.21. The fourth-order valence-electron chi connectivity index (χ4n) is 2.56. The van der Waals surface area contributed by atoms with Crippen molar-refractivity contribution in [2.45, 2.75) is 18.8 Å². The Kier molecular flexibility index (Phi) is 5.18. The van der Waals surface area contributed by atoms with Gasteiger partial charge in [-0.05, 0) is 18.1 Å². The van der Waals surface area contributed by atoms with E-state index in [9.17, 15) is 19.5 Å². The van der Waals surface area contributed by atoms with Crippen LogP contribution in [0.5, 0.6) is 0 Å². The van der Waals surface area contributed by atoms with Crippen molar-refractivity contribution in [1.29, 1.82) is 0 Å². The largest absolute Gasteiger partial charge is 0.481 e. The summed E-state index contributed by atoms with van der Waals surface area (Å²) in [6.45, 7) is 1.71. The van der Waals surface area contributed by atoms with E-state index in [0.717, 1.165) is 0 Å². The van der Waals surface area contributed by atoms with Gasteiger partial charge in [-0.15, -0.1) is 0 Å². The SMILES string of the molecule is CCC(CNC(=O)c1ccn(C)c(=O)c1)(C(=O)O)c1ccccc1. The van der Waals surface area contributed by atoms with E-state index in [1.807, 2.05) is 6.07 Å². The zero-order valence-electron chi connectivity index (χ0n) is 13.7. The van der Waals surface area contributed by atoms with E-state index in [4.69, 9.17) is 0 Å². The number of benzene rings is 1. The number of carbonyl (C=O) groups excluding carboxylic acids is 1. The maximum absolute atomic E-state index is 12.3. The van der Waals surface area contributed by atoms with Crippen LogP contribution >= 0.6 is 0 Å². The molecule has 24 heavy (non-hydrogen) atoms. The number of aryl methyl sites for hydroxylation is 1. The Bertz CT molecular complexity index is 798. The van der Waals surface area contributed by atoms with Crippen molar-refractivity contribution >= 4 is 11.9 Å². The predicted molar refractivity (Wildman–Crippen MR) is 90.1 cm³/mol. The monoisotopic (exact) mass is 328 g/mol. The molecule has 1 unspecified atom stereocenters. The van der Waals surface area contributed by atoms with Gasteiger partial charge in [0.25, 0.3) is 11.5 Å². The number of aliphatic carboxylic acids is 1.